The second-order valence-corrected chi connectivity index (χ2v) is 6.79. The molecule has 2 heterocycles. The van der Waals surface area contributed by atoms with Crippen molar-refractivity contribution in [2.75, 3.05) is 19.6 Å². The van der Waals surface area contributed by atoms with Crippen molar-refractivity contribution in [3.63, 3.8) is 0 Å². The molecule has 5 nitrogen and oxygen atoms in total. The van der Waals surface area contributed by atoms with E-state index < -0.39 is 28.4 Å². The first-order valence-electron chi connectivity index (χ1n) is 6.37. The van der Waals surface area contributed by atoms with Crippen molar-refractivity contribution >= 4 is 10.0 Å². The first-order chi connectivity index (χ1) is 9.22. The van der Waals surface area contributed by atoms with E-state index in [9.17, 15) is 17.2 Å². The van der Waals surface area contributed by atoms with Gasteiger partial charge < -0.3 is 9.73 Å². The zero-order valence-corrected chi connectivity index (χ0v) is 12.2. The molecule has 20 heavy (non-hydrogen) atoms. The number of rotatable bonds is 4. The molecule has 114 valence electrons. The van der Waals surface area contributed by atoms with Crippen molar-refractivity contribution in [3.05, 3.63) is 17.6 Å². The maximum Gasteiger partial charge on any atom is 0.264 e. The van der Waals surface area contributed by atoms with E-state index in [1.54, 1.807) is 6.92 Å². The van der Waals surface area contributed by atoms with E-state index >= 15 is 0 Å². The van der Waals surface area contributed by atoms with Crippen molar-refractivity contribution in [1.29, 1.82) is 0 Å². The van der Waals surface area contributed by atoms with Crippen LogP contribution in [0.25, 0.3) is 0 Å². The van der Waals surface area contributed by atoms with Gasteiger partial charge in [-0.15, -0.1) is 0 Å². The molecule has 0 amide bonds. The van der Waals surface area contributed by atoms with Gasteiger partial charge in [-0.25, -0.2) is 21.9 Å². The number of hydrogen-bond donors (Lipinski definition) is 2. The summed E-state index contributed by atoms with van der Waals surface area (Å²) >= 11 is 0. The fourth-order valence-electron chi connectivity index (χ4n) is 2.30. The van der Waals surface area contributed by atoms with Gasteiger partial charge in [0.15, 0.2) is 0 Å². The van der Waals surface area contributed by atoms with Crippen LogP contribution in [0.2, 0.25) is 0 Å². The zero-order chi connectivity index (χ0) is 15.0. The Hall–Kier alpha value is -0.990. The van der Waals surface area contributed by atoms with Gasteiger partial charge in [-0.05, 0) is 32.9 Å². The van der Waals surface area contributed by atoms with E-state index in [0.717, 1.165) is 0 Å². The average molecular weight is 308 g/mol. The van der Waals surface area contributed by atoms with Gasteiger partial charge in [-0.1, -0.05) is 0 Å². The van der Waals surface area contributed by atoms with Crippen molar-refractivity contribution in [2.24, 2.45) is 5.92 Å². The smallest absolute Gasteiger partial charge is 0.264 e. The Kier molecular flexibility index (Phi) is 4.17. The highest BCUT2D eigenvalue weighted by Gasteiger charge is 2.41. The molecule has 2 N–H and O–H groups in total. The minimum Gasteiger partial charge on any atom is -0.465 e. The molecule has 0 radical (unpaired) electrons. The molecule has 1 aliphatic rings. The SMILES string of the molecule is Cc1cc(S(=O)(=O)NCC2CCNCC2(F)F)c(C)o1. The Balaban J connectivity index is 2.08. The van der Waals surface area contributed by atoms with Crippen LogP contribution in [0, 0.1) is 19.8 Å². The standard InChI is InChI=1S/C12H18F2N2O3S/c1-8-5-11(9(2)19-8)20(17,18)16-6-10-3-4-15-7-12(10,13)14/h5,10,15-16H,3-4,6-7H2,1-2H3. The summed E-state index contributed by atoms with van der Waals surface area (Å²) in [5.41, 5.74) is 0. The largest absolute Gasteiger partial charge is 0.465 e. The fraction of sp³-hybridized carbons (Fsp3) is 0.667. The Morgan fingerprint density at radius 2 is 2.20 bits per heavy atom. The number of aryl methyl sites for hydroxylation is 2. The van der Waals surface area contributed by atoms with Crippen LogP contribution in [0.3, 0.4) is 0 Å². The quantitative estimate of drug-likeness (QED) is 0.882. The molecule has 1 aromatic rings. The van der Waals surface area contributed by atoms with Crippen LogP contribution < -0.4 is 10.0 Å². The summed E-state index contributed by atoms with van der Waals surface area (Å²) in [5.74, 6) is -3.17. The van der Waals surface area contributed by atoms with Gasteiger partial charge >= 0.3 is 0 Å². The molecule has 0 saturated carbocycles. The van der Waals surface area contributed by atoms with E-state index in [0.29, 0.717) is 12.3 Å². The zero-order valence-electron chi connectivity index (χ0n) is 11.4. The fourth-order valence-corrected chi connectivity index (χ4v) is 3.62. The highest BCUT2D eigenvalue weighted by molar-refractivity contribution is 7.89. The van der Waals surface area contributed by atoms with Gasteiger partial charge in [0.25, 0.3) is 5.92 Å². The Morgan fingerprint density at radius 3 is 2.75 bits per heavy atom. The topological polar surface area (TPSA) is 71.3 Å². The van der Waals surface area contributed by atoms with Crippen LogP contribution in [0.5, 0.6) is 0 Å². The molecule has 8 heteroatoms. The monoisotopic (exact) mass is 308 g/mol. The van der Waals surface area contributed by atoms with Gasteiger partial charge in [0.1, 0.15) is 16.4 Å². The highest BCUT2D eigenvalue weighted by Crippen LogP contribution is 2.29. The number of halogens is 2. The van der Waals surface area contributed by atoms with Crippen molar-refractivity contribution < 1.29 is 21.6 Å². The van der Waals surface area contributed by atoms with Crippen molar-refractivity contribution in [1.82, 2.24) is 10.0 Å². The Morgan fingerprint density at radius 1 is 1.50 bits per heavy atom. The predicted octanol–water partition coefficient (Wildman–Crippen LogP) is 1.42. The van der Waals surface area contributed by atoms with E-state index in [-0.39, 0.29) is 23.6 Å². The van der Waals surface area contributed by atoms with Crippen molar-refractivity contribution in [2.45, 2.75) is 31.1 Å². The number of nitrogens with one attached hydrogen (secondary N) is 2. The van der Waals surface area contributed by atoms with Crippen LogP contribution in [0.1, 0.15) is 17.9 Å². The van der Waals surface area contributed by atoms with Crippen LogP contribution in [-0.2, 0) is 10.0 Å². The summed E-state index contributed by atoms with van der Waals surface area (Å²) in [6.45, 7) is 2.93. The number of piperidine rings is 1. The molecule has 0 bridgehead atoms. The third-order valence-electron chi connectivity index (χ3n) is 3.43. The number of hydrogen-bond acceptors (Lipinski definition) is 4. The summed E-state index contributed by atoms with van der Waals surface area (Å²) in [5, 5.41) is 2.60. The van der Waals surface area contributed by atoms with Crippen LogP contribution in [0.15, 0.2) is 15.4 Å². The van der Waals surface area contributed by atoms with E-state index in [1.165, 1.54) is 13.0 Å². The van der Waals surface area contributed by atoms with Crippen molar-refractivity contribution in [3.8, 4) is 0 Å². The first-order valence-corrected chi connectivity index (χ1v) is 7.86. The predicted molar refractivity (Wildman–Crippen MR) is 69.3 cm³/mol. The van der Waals surface area contributed by atoms with Crippen LogP contribution in [0.4, 0.5) is 8.78 Å². The van der Waals surface area contributed by atoms with Crippen LogP contribution >= 0.6 is 0 Å². The molecular weight excluding hydrogens is 290 g/mol. The lowest BCUT2D eigenvalue weighted by molar-refractivity contribution is -0.0703. The second-order valence-electron chi connectivity index (χ2n) is 5.05. The summed E-state index contributed by atoms with van der Waals surface area (Å²) in [6.07, 6.45) is 0.235. The average Bonchev–Trinajstić information content (AvgIpc) is 2.67. The molecule has 2 rings (SSSR count). The summed E-state index contributed by atoms with van der Waals surface area (Å²) in [6, 6.07) is 1.39. The number of furan rings is 1. The summed E-state index contributed by atoms with van der Waals surface area (Å²) in [4.78, 5) is 0.00671. The molecule has 0 aromatic carbocycles. The van der Waals surface area contributed by atoms with Gasteiger partial charge in [-0.2, -0.15) is 0 Å². The summed E-state index contributed by atoms with van der Waals surface area (Å²) < 4.78 is 58.8. The molecule has 1 atom stereocenters. The maximum absolute atomic E-state index is 13.6. The first kappa shape index (κ1) is 15.4. The molecule has 0 aliphatic carbocycles. The Labute approximate surface area is 116 Å². The number of sulfonamides is 1. The molecule has 1 aromatic heterocycles. The molecule has 1 fully saturated rings. The van der Waals surface area contributed by atoms with Gasteiger partial charge in [0.05, 0.1) is 6.54 Å². The van der Waals surface area contributed by atoms with Gasteiger partial charge in [0, 0.05) is 12.5 Å². The minimum absolute atomic E-state index is 0.00671. The Bertz CT molecular complexity index is 584. The third-order valence-corrected chi connectivity index (χ3v) is 4.96. The van der Waals surface area contributed by atoms with Gasteiger partial charge in [-0.3, -0.25) is 0 Å². The lowest BCUT2D eigenvalue weighted by Gasteiger charge is -2.31. The minimum atomic E-state index is -3.82. The molecular formula is C12H18F2N2O3S. The third kappa shape index (κ3) is 3.18. The van der Waals surface area contributed by atoms with E-state index in [4.69, 9.17) is 4.42 Å². The van der Waals surface area contributed by atoms with E-state index in [2.05, 4.69) is 10.0 Å². The lowest BCUT2D eigenvalue weighted by atomic mass is 9.94. The van der Waals surface area contributed by atoms with Gasteiger partial charge in [0.2, 0.25) is 10.0 Å². The molecule has 1 aliphatic heterocycles. The highest BCUT2D eigenvalue weighted by atomic mass is 32.2. The molecule has 1 unspecified atom stereocenters. The number of alkyl halides is 2. The van der Waals surface area contributed by atoms with Crippen LogP contribution in [-0.4, -0.2) is 34.0 Å². The molecule has 0 spiro atoms. The maximum atomic E-state index is 13.6. The second kappa shape index (κ2) is 5.42. The summed E-state index contributed by atoms with van der Waals surface area (Å²) in [7, 11) is -3.82. The van der Waals surface area contributed by atoms with E-state index in [1.807, 2.05) is 0 Å². The normalized spacial score (nSPS) is 22.9. The lowest BCUT2D eigenvalue weighted by Crippen LogP contribution is -2.50. The molecule has 1 saturated heterocycles.